The van der Waals surface area contributed by atoms with Crippen LogP contribution in [0.5, 0.6) is 5.75 Å². The number of likely N-dealkylation sites (tertiary alicyclic amines) is 1. The van der Waals surface area contributed by atoms with Gasteiger partial charge >= 0.3 is 0 Å². The van der Waals surface area contributed by atoms with Crippen molar-refractivity contribution in [3.63, 3.8) is 0 Å². The minimum absolute atomic E-state index is 0.112. The molecule has 4 rings (SSSR count). The van der Waals surface area contributed by atoms with Gasteiger partial charge in [0.2, 0.25) is 0 Å². The summed E-state index contributed by atoms with van der Waals surface area (Å²) in [5, 5.41) is 7.42. The number of hydrogen-bond donors (Lipinski definition) is 1. The van der Waals surface area contributed by atoms with E-state index in [-0.39, 0.29) is 23.5 Å². The maximum absolute atomic E-state index is 13.9. The third-order valence-electron chi connectivity index (χ3n) is 5.48. The largest absolute Gasteiger partial charge is 0.494 e. The standard InChI is InChI=1S/C23H24BrFN4O2/c1-31-22-7-2-16(12-21(22)25)14-28-10-8-19(9-11-28)27-23(30)17-13-26-29(15-17)20-5-3-18(24)4-6-20/h2-7,12-13,15,19H,8-11,14H2,1H3,(H,27,30). The molecule has 0 atom stereocenters. The number of ether oxygens (including phenoxy) is 1. The van der Waals surface area contributed by atoms with Crippen LogP contribution >= 0.6 is 15.9 Å². The van der Waals surface area contributed by atoms with Crippen molar-refractivity contribution in [2.24, 2.45) is 0 Å². The number of methoxy groups -OCH3 is 1. The lowest BCUT2D eigenvalue weighted by Crippen LogP contribution is -2.44. The van der Waals surface area contributed by atoms with Gasteiger partial charge in [-0.2, -0.15) is 5.10 Å². The van der Waals surface area contributed by atoms with Gasteiger partial charge in [-0.3, -0.25) is 9.69 Å². The van der Waals surface area contributed by atoms with Crippen LogP contribution in [0.1, 0.15) is 28.8 Å². The number of aromatic nitrogens is 2. The van der Waals surface area contributed by atoms with Gasteiger partial charge in [-0.1, -0.05) is 22.0 Å². The van der Waals surface area contributed by atoms with E-state index in [1.54, 1.807) is 23.1 Å². The molecule has 1 saturated heterocycles. The first kappa shape index (κ1) is 21.5. The van der Waals surface area contributed by atoms with Crippen LogP contribution in [0.4, 0.5) is 4.39 Å². The highest BCUT2D eigenvalue weighted by atomic mass is 79.9. The normalized spacial score (nSPS) is 15.1. The molecule has 3 aromatic rings. The number of nitrogens with one attached hydrogen (secondary N) is 1. The van der Waals surface area contributed by atoms with Gasteiger partial charge in [-0.15, -0.1) is 0 Å². The maximum atomic E-state index is 13.9. The zero-order chi connectivity index (χ0) is 21.8. The lowest BCUT2D eigenvalue weighted by atomic mass is 10.0. The Kier molecular flexibility index (Phi) is 6.67. The number of carbonyl (C=O) groups excluding carboxylic acids is 1. The topological polar surface area (TPSA) is 59.4 Å². The molecule has 6 nitrogen and oxygen atoms in total. The Balaban J connectivity index is 1.28. The van der Waals surface area contributed by atoms with E-state index in [1.807, 2.05) is 30.3 Å². The minimum Gasteiger partial charge on any atom is -0.494 e. The maximum Gasteiger partial charge on any atom is 0.254 e. The summed E-state index contributed by atoms with van der Waals surface area (Å²) in [6, 6.07) is 12.9. The average Bonchev–Trinajstić information content (AvgIpc) is 3.26. The highest BCUT2D eigenvalue weighted by Gasteiger charge is 2.22. The molecule has 0 saturated carbocycles. The summed E-state index contributed by atoms with van der Waals surface area (Å²) >= 11 is 3.41. The molecular formula is C23H24BrFN4O2. The van der Waals surface area contributed by atoms with Crippen molar-refractivity contribution in [3.05, 3.63) is 76.3 Å². The number of carbonyl (C=O) groups is 1. The molecule has 2 aromatic carbocycles. The van der Waals surface area contributed by atoms with Crippen molar-refractivity contribution in [2.45, 2.75) is 25.4 Å². The van der Waals surface area contributed by atoms with Gasteiger partial charge in [0.25, 0.3) is 5.91 Å². The van der Waals surface area contributed by atoms with Crippen LogP contribution in [0, 0.1) is 5.82 Å². The molecule has 1 aliphatic heterocycles. The van der Waals surface area contributed by atoms with Crippen LogP contribution in [0.15, 0.2) is 59.3 Å². The Morgan fingerprint density at radius 2 is 1.97 bits per heavy atom. The summed E-state index contributed by atoms with van der Waals surface area (Å²) in [6.07, 6.45) is 5.03. The molecule has 2 heterocycles. The Morgan fingerprint density at radius 1 is 1.23 bits per heavy atom. The summed E-state index contributed by atoms with van der Waals surface area (Å²) in [6.45, 7) is 2.37. The molecule has 162 valence electrons. The molecular weight excluding hydrogens is 463 g/mol. The average molecular weight is 487 g/mol. The Morgan fingerprint density at radius 3 is 2.65 bits per heavy atom. The summed E-state index contributed by atoms with van der Waals surface area (Å²) in [5.74, 6) is -0.196. The molecule has 0 unspecified atom stereocenters. The van der Waals surface area contributed by atoms with E-state index in [2.05, 4.69) is 31.2 Å². The molecule has 8 heteroatoms. The fraction of sp³-hybridized carbons (Fsp3) is 0.304. The van der Waals surface area contributed by atoms with E-state index in [0.29, 0.717) is 12.1 Å². The highest BCUT2D eigenvalue weighted by molar-refractivity contribution is 9.10. The van der Waals surface area contributed by atoms with Crippen molar-refractivity contribution in [2.75, 3.05) is 20.2 Å². The summed E-state index contributed by atoms with van der Waals surface area (Å²) < 4.78 is 21.6. The van der Waals surface area contributed by atoms with Crippen molar-refractivity contribution >= 4 is 21.8 Å². The lowest BCUT2D eigenvalue weighted by molar-refractivity contribution is 0.0909. The van der Waals surface area contributed by atoms with Gasteiger partial charge in [0.05, 0.1) is 24.6 Å². The molecule has 0 bridgehead atoms. The lowest BCUT2D eigenvalue weighted by Gasteiger charge is -2.32. The first-order valence-electron chi connectivity index (χ1n) is 10.2. The molecule has 31 heavy (non-hydrogen) atoms. The molecule has 0 spiro atoms. The van der Waals surface area contributed by atoms with E-state index in [4.69, 9.17) is 4.74 Å². The van der Waals surface area contributed by atoms with Crippen LogP contribution in [0.3, 0.4) is 0 Å². The fourth-order valence-electron chi connectivity index (χ4n) is 3.75. The number of nitrogens with zero attached hydrogens (tertiary/aromatic N) is 3. The smallest absolute Gasteiger partial charge is 0.254 e. The van der Waals surface area contributed by atoms with Gasteiger partial charge in [0.15, 0.2) is 11.6 Å². The van der Waals surface area contributed by atoms with Gasteiger partial charge in [-0.05, 0) is 54.8 Å². The number of piperidine rings is 1. The predicted molar refractivity (Wildman–Crippen MR) is 120 cm³/mol. The van der Waals surface area contributed by atoms with Crippen LogP contribution < -0.4 is 10.1 Å². The number of benzene rings is 2. The third-order valence-corrected chi connectivity index (χ3v) is 6.01. The van der Waals surface area contributed by atoms with Gasteiger partial charge < -0.3 is 10.1 Å². The fourth-order valence-corrected chi connectivity index (χ4v) is 4.01. The monoisotopic (exact) mass is 486 g/mol. The molecule has 1 aromatic heterocycles. The Bertz CT molecular complexity index is 1050. The van der Waals surface area contributed by atoms with Crippen LogP contribution in [-0.4, -0.2) is 46.8 Å². The number of halogens is 2. The summed E-state index contributed by atoms with van der Waals surface area (Å²) in [5.41, 5.74) is 2.35. The Hall–Kier alpha value is -2.71. The zero-order valence-electron chi connectivity index (χ0n) is 17.2. The molecule has 1 fully saturated rings. The second kappa shape index (κ2) is 9.62. The number of amides is 1. The van der Waals surface area contributed by atoms with E-state index in [1.165, 1.54) is 13.2 Å². The van der Waals surface area contributed by atoms with Crippen LogP contribution in [-0.2, 0) is 6.54 Å². The van der Waals surface area contributed by atoms with Crippen molar-refractivity contribution in [1.82, 2.24) is 20.0 Å². The van der Waals surface area contributed by atoms with E-state index in [9.17, 15) is 9.18 Å². The molecule has 0 aliphatic carbocycles. The van der Waals surface area contributed by atoms with Gasteiger partial charge in [0.1, 0.15) is 0 Å². The van der Waals surface area contributed by atoms with E-state index in [0.717, 1.165) is 41.7 Å². The van der Waals surface area contributed by atoms with E-state index >= 15 is 0 Å². The molecule has 1 amide bonds. The first-order chi connectivity index (χ1) is 15.0. The number of rotatable bonds is 6. The zero-order valence-corrected chi connectivity index (χ0v) is 18.8. The summed E-state index contributed by atoms with van der Waals surface area (Å²) in [7, 11) is 1.46. The molecule has 1 N–H and O–H groups in total. The highest BCUT2D eigenvalue weighted by Crippen LogP contribution is 2.20. The molecule has 0 radical (unpaired) electrons. The summed E-state index contributed by atoms with van der Waals surface area (Å²) in [4.78, 5) is 14.9. The first-order valence-corrected chi connectivity index (χ1v) is 11.0. The second-order valence-corrected chi connectivity index (χ2v) is 8.56. The third kappa shape index (κ3) is 5.32. The van der Waals surface area contributed by atoms with Crippen LogP contribution in [0.2, 0.25) is 0 Å². The minimum atomic E-state index is -0.342. The van der Waals surface area contributed by atoms with Crippen molar-refractivity contribution in [3.8, 4) is 11.4 Å². The van der Waals surface area contributed by atoms with Crippen molar-refractivity contribution in [1.29, 1.82) is 0 Å². The number of hydrogen-bond acceptors (Lipinski definition) is 4. The predicted octanol–water partition coefficient (Wildman–Crippen LogP) is 4.18. The van der Waals surface area contributed by atoms with E-state index < -0.39 is 0 Å². The quantitative estimate of drug-likeness (QED) is 0.567. The van der Waals surface area contributed by atoms with Gasteiger partial charge in [0, 0.05) is 36.3 Å². The van der Waals surface area contributed by atoms with Crippen molar-refractivity contribution < 1.29 is 13.9 Å². The van der Waals surface area contributed by atoms with Gasteiger partial charge in [-0.25, -0.2) is 9.07 Å². The molecule has 1 aliphatic rings. The SMILES string of the molecule is COc1ccc(CN2CCC(NC(=O)c3cnn(-c4ccc(Br)cc4)c3)CC2)cc1F. The Labute approximate surface area is 189 Å². The van der Waals surface area contributed by atoms with Crippen LogP contribution in [0.25, 0.3) is 5.69 Å². The second-order valence-electron chi connectivity index (χ2n) is 7.64.